The van der Waals surface area contributed by atoms with E-state index in [0.717, 1.165) is 0 Å². The second-order valence-corrected chi connectivity index (χ2v) is 9.37. The van der Waals surface area contributed by atoms with Gasteiger partial charge in [0.2, 0.25) is 0 Å². The van der Waals surface area contributed by atoms with Crippen LogP contribution in [-0.4, -0.2) is 54.0 Å². The Hall–Kier alpha value is -2.65. The lowest BCUT2D eigenvalue weighted by Crippen LogP contribution is -2.34. The highest BCUT2D eigenvalue weighted by Crippen LogP contribution is 2.35. The fraction of sp³-hybridized carbons (Fsp3) is 0.545. The van der Waals surface area contributed by atoms with Gasteiger partial charge in [-0.2, -0.15) is 0 Å². The SMILES string of the molecule is CC(C)(C)OC(=O)NCCOCCOc1cc2ncnc(Cl)c2cc1OC(=O)C(C)(C)C. The topological polar surface area (TPSA) is 109 Å². The molecule has 176 valence electrons. The predicted octanol–water partition coefficient (Wildman–Crippen LogP) is 4.15. The second kappa shape index (κ2) is 10.8. The average molecular weight is 468 g/mol. The molecule has 32 heavy (non-hydrogen) atoms. The zero-order chi connectivity index (χ0) is 23.9. The van der Waals surface area contributed by atoms with Gasteiger partial charge < -0.3 is 24.3 Å². The van der Waals surface area contributed by atoms with Gasteiger partial charge in [-0.25, -0.2) is 14.8 Å². The summed E-state index contributed by atoms with van der Waals surface area (Å²) in [5, 5.41) is 3.40. The van der Waals surface area contributed by atoms with E-state index in [1.165, 1.54) is 6.33 Å². The zero-order valence-electron chi connectivity index (χ0n) is 19.3. The summed E-state index contributed by atoms with van der Waals surface area (Å²) in [4.78, 5) is 32.1. The van der Waals surface area contributed by atoms with Gasteiger partial charge in [-0.05, 0) is 47.6 Å². The van der Waals surface area contributed by atoms with E-state index in [0.29, 0.717) is 23.2 Å². The number of benzene rings is 1. The number of hydrogen-bond donors (Lipinski definition) is 1. The van der Waals surface area contributed by atoms with E-state index in [4.69, 9.17) is 30.5 Å². The number of carbonyl (C=O) groups is 2. The number of amides is 1. The fourth-order valence-corrected chi connectivity index (χ4v) is 2.53. The Morgan fingerprint density at radius 2 is 1.72 bits per heavy atom. The van der Waals surface area contributed by atoms with Crippen LogP contribution in [0, 0.1) is 5.41 Å². The van der Waals surface area contributed by atoms with Crippen LogP contribution in [0.3, 0.4) is 0 Å². The van der Waals surface area contributed by atoms with Gasteiger partial charge in [0.05, 0.1) is 24.1 Å². The number of rotatable bonds is 8. The molecule has 1 N–H and O–H groups in total. The van der Waals surface area contributed by atoms with Crippen molar-refractivity contribution in [2.45, 2.75) is 47.1 Å². The molecule has 0 atom stereocenters. The quantitative estimate of drug-likeness (QED) is 0.267. The second-order valence-electron chi connectivity index (χ2n) is 9.01. The molecular formula is C22H30ClN3O6. The molecule has 2 aromatic rings. The minimum atomic E-state index is -0.701. The lowest BCUT2D eigenvalue weighted by atomic mass is 9.97. The first kappa shape index (κ1) is 25.6. The van der Waals surface area contributed by atoms with E-state index in [1.54, 1.807) is 53.7 Å². The van der Waals surface area contributed by atoms with Gasteiger partial charge in [0.1, 0.15) is 23.7 Å². The Kier molecular flexibility index (Phi) is 8.63. The molecule has 1 amide bonds. The first-order chi connectivity index (χ1) is 14.9. The van der Waals surface area contributed by atoms with Crippen molar-refractivity contribution in [2.24, 2.45) is 5.41 Å². The Bertz CT molecular complexity index is 953. The molecule has 0 saturated heterocycles. The number of fused-ring (bicyclic) bond motifs is 1. The summed E-state index contributed by atoms with van der Waals surface area (Å²) >= 11 is 6.15. The third-order valence-electron chi connectivity index (χ3n) is 3.87. The van der Waals surface area contributed by atoms with E-state index in [-0.39, 0.29) is 30.7 Å². The van der Waals surface area contributed by atoms with Gasteiger partial charge in [0.15, 0.2) is 11.5 Å². The van der Waals surface area contributed by atoms with Gasteiger partial charge in [-0.15, -0.1) is 0 Å². The summed E-state index contributed by atoms with van der Waals surface area (Å²) in [6.45, 7) is 11.7. The van der Waals surface area contributed by atoms with Crippen molar-refractivity contribution in [2.75, 3.05) is 26.4 Å². The molecule has 0 aliphatic carbocycles. The van der Waals surface area contributed by atoms with Crippen LogP contribution in [0.2, 0.25) is 5.15 Å². The molecule has 10 heteroatoms. The number of nitrogens with one attached hydrogen (secondary N) is 1. The van der Waals surface area contributed by atoms with Crippen molar-refractivity contribution in [1.29, 1.82) is 0 Å². The van der Waals surface area contributed by atoms with E-state index in [9.17, 15) is 9.59 Å². The van der Waals surface area contributed by atoms with Crippen molar-refractivity contribution in [1.82, 2.24) is 15.3 Å². The average Bonchev–Trinajstić information content (AvgIpc) is 2.66. The number of hydrogen-bond acceptors (Lipinski definition) is 8. The standard InChI is InChI=1S/C22H30ClN3O6/c1-21(2,3)19(27)31-17-11-14-15(25-13-26-18(14)23)12-16(17)30-10-9-29-8-7-24-20(28)32-22(4,5)6/h11-13H,7-10H2,1-6H3,(H,24,28). The summed E-state index contributed by atoms with van der Waals surface area (Å²) in [6.07, 6.45) is 0.843. The third kappa shape index (κ3) is 8.12. The monoisotopic (exact) mass is 467 g/mol. The molecule has 1 heterocycles. The molecule has 1 aromatic carbocycles. The van der Waals surface area contributed by atoms with Crippen LogP contribution >= 0.6 is 11.6 Å². The van der Waals surface area contributed by atoms with Crippen molar-refractivity contribution in [3.05, 3.63) is 23.6 Å². The molecule has 0 unspecified atom stereocenters. The van der Waals surface area contributed by atoms with Crippen molar-refractivity contribution in [3.63, 3.8) is 0 Å². The summed E-state index contributed by atoms with van der Waals surface area (Å²) < 4.78 is 21.9. The molecule has 9 nitrogen and oxygen atoms in total. The van der Waals surface area contributed by atoms with Crippen LogP contribution in [0.5, 0.6) is 11.5 Å². The highest BCUT2D eigenvalue weighted by Gasteiger charge is 2.25. The highest BCUT2D eigenvalue weighted by atomic mass is 35.5. The Labute approximate surface area is 192 Å². The highest BCUT2D eigenvalue weighted by molar-refractivity contribution is 6.34. The van der Waals surface area contributed by atoms with Crippen LogP contribution in [0.25, 0.3) is 10.9 Å². The molecule has 0 spiro atoms. The fourth-order valence-electron chi connectivity index (χ4n) is 2.33. The van der Waals surface area contributed by atoms with Crippen molar-refractivity contribution in [3.8, 4) is 11.5 Å². The molecule has 1 aromatic heterocycles. The molecule has 0 radical (unpaired) electrons. The van der Waals surface area contributed by atoms with Crippen LogP contribution < -0.4 is 14.8 Å². The third-order valence-corrected chi connectivity index (χ3v) is 4.17. The Balaban J connectivity index is 1.94. The van der Waals surface area contributed by atoms with E-state index < -0.39 is 23.1 Å². The van der Waals surface area contributed by atoms with Gasteiger partial charge in [0.25, 0.3) is 0 Å². The molecule has 0 fully saturated rings. The first-order valence-corrected chi connectivity index (χ1v) is 10.6. The largest absolute Gasteiger partial charge is 0.487 e. The maximum absolute atomic E-state index is 12.4. The maximum Gasteiger partial charge on any atom is 0.407 e. The van der Waals surface area contributed by atoms with Gasteiger partial charge >= 0.3 is 12.1 Å². The zero-order valence-corrected chi connectivity index (χ0v) is 20.0. The minimum Gasteiger partial charge on any atom is -0.487 e. The van der Waals surface area contributed by atoms with Crippen molar-refractivity contribution >= 4 is 34.6 Å². The molecule has 0 saturated carbocycles. The van der Waals surface area contributed by atoms with Crippen molar-refractivity contribution < 1.29 is 28.5 Å². The minimum absolute atomic E-state index is 0.191. The van der Waals surface area contributed by atoms with E-state index in [2.05, 4.69) is 15.3 Å². The number of esters is 1. The number of ether oxygens (including phenoxy) is 4. The maximum atomic E-state index is 12.4. The Morgan fingerprint density at radius 1 is 1.00 bits per heavy atom. The predicted molar refractivity (Wildman–Crippen MR) is 120 cm³/mol. The first-order valence-electron chi connectivity index (χ1n) is 10.2. The Morgan fingerprint density at radius 3 is 2.38 bits per heavy atom. The summed E-state index contributed by atoms with van der Waals surface area (Å²) in [6, 6.07) is 3.22. The van der Waals surface area contributed by atoms with Crippen LogP contribution in [0.15, 0.2) is 18.5 Å². The number of aromatic nitrogens is 2. The van der Waals surface area contributed by atoms with E-state index >= 15 is 0 Å². The number of nitrogens with zero attached hydrogens (tertiary/aromatic N) is 2. The van der Waals surface area contributed by atoms with Crippen LogP contribution in [0.4, 0.5) is 4.79 Å². The van der Waals surface area contributed by atoms with Crippen LogP contribution in [-0.2, 0) is 14.3 Å². The summed E-state index contributed by atoms with van der Waals surface area (Å²) in [7, 11) is 0. The van der Waals surface area contributed by atoms with Gasteiger partial charge in [-0.1, -0.05) is 11.6 Å². The molecule has 0 bridgehead atoms. The smallest absolute Gasteiger partial charge is 0.407 e. The van der Waals surface area contributed by atoms with Crippen LogP contribution in [0.1, 0.15) is 41.5 Å². The number of carbonyl (C=O) groups excluding carboxylic acids is 2. The van der Waals surface area contributed by atoms with Gasteiger partial charge in [-0.3, -0.25) is 4.79 Å². The molecule has 0 aliphatic rings. The van der Waals surface area contributed by atoms with E-state index in [1.807, 2.05) is 0 Å². The summed E-state index contributed by atoms with van der Waals surface area (Å²) in [5.74, 6) is 0.139. The summed E-state index contributed by atoms with van der Waals surface area (Å²) in [5.41, 5.74) is -0.701. The number of alkyl carbamates (subject to hydrolysis) is 1. The lowest BCUT2D eigenvalue weighted by molar-refractivity contribution is -0.143. The molecule has 0 aliphatic heterocycles. The lowest BCUT2D eigenvalue weighted by Gasteiger charge is -2.19. The number of halogens is 1. The van der Waals surface area contributed by atoms with Gasteiger partial charge in [0, 0.05) is 18.0 Å². The molecular weight excluding hydrogens is 438 g/mol. The normalized spacial score (nSPS) is 11.8. The molecule has 2 rings (SSSR count).